The molecule has 0 unspecified atom stereocenters. The van der Waals surface area contributed by atoms with Crippen molar-refractivity contribution in [2.24, 2.45) is 0 Å². The zero-order valence-corrected chi connectivity index (χ0v) is 11.4. The lowest BCUT2D eigenvalue weighted by atomic mass is 10.2. The van der Waals surface area contributed by atoms with Crippen LogP contribution in [0.25, 0.3) is 0 Å². The van der Waals surface area contributed by atoms with Gasteiger partial charge in [-0.3, -0.25) is 14.9 Å². The molecule has 21 heavy (non-hydrogen) atoms. The SMILES string of the molecule is COc1ccc(CNC(=O)C(=O)Nc2ncccn2)cc1. The molecule has 2 N–H and O–H groups in total. The second-order valence-corrected chi connectivity index (χ2v) is 4.06. The number of aromatic nitrogens is 2. The van der Waals surface area contributed by atoms with Gasteiger partial charge >= 0.3 is 11.8 Å². The Morgan fingerprint density at radius 3 is 2.38 bits per heavy atom. The van der Waals surface area contributed by atoms with Crippen LogP contribution in [-0.2, 0) is 16.1 Å². The number of amides is 2. The summed E-state index contributed by atoms with van der Waals surface area (Å²) in [6, 6.07) is 8.77. The average molecular weight is 286 g/mol. The van der Waals surface area contributed by atoms with Gasteiger partial charge in [-0.2, -0.15) is 0 Å². The largest absolute Gasteiger partial charge is 0.497 e. The van der Waals surface area contributed by atoms with Crippen LogP contribution in [0.4, 0.5) is 5.95 Å². The number of carbonyl (C=O) groups excluding carboxylic acids is 2. The summed E-state index contributed by atoms with van der Waals surface area (Å²) < 4.78 is 5.03. The number of benzene rings is 1. The highest BCUT2D eigenvalue weighted by atomic mass is 16.5. The fourth-order valence-electron chi connectivity index (χ4n) is 1.53. The Balaban J connectivity index is 1.84. The first kappa shape index (κ1) is 14.4. The normalized spacial score (nSPS) is 9.76. The third-order valence-electron chi connectivity index (χ3n) is 2.61. The van der Waals surface area contributed by atoms with Crippen LogP contribution in [0.1, 0.15) is 5.56 Å². The highest BCUT2D eigenvalue weighted by molar-refractivity contribution is 6.39. The molecule has 0 aliphatic rings. The van der Waals surface area contributed by atoms with Gasteiger partial charge in [0.25, 0.3) is 0 Å². The Kier molecular flexibility index (Phi) is 4.81. The predicted molar refractivity (Wildman–Crippen MR) is 75.5 cm³/mol. The molecule has 0 bridgehead atoms. The van der Waals surface area contributed by atoms with Crippen LogP contribution >= 0.6 is 0 Å². The maximum absolute atomic E-state index is 11.6. The van der Waals surface area contributed by atoms with Crippen LogP contribution in [0, 0.1) is 0 Å². The van der Waals surface area contributed by atoms with Crippen molar-refractivity contribution >= 4 is 17.8 Å². The number of carbonyl (C=O) groups is 2. The fourth-order valence-corrected chi connectivity index (χ4v) is 1.53. The van der Waals surface area contributed by atoms with E-state index in [1.807, 2.05) is 0 Å². The summed E-state index contributed by atoms with van der Waals surface area (Å²) in [5, 5.41) is 4.81. The molecule has 2 aromatic rings. The molecular weight excluding hydrogens is 272 g/mol. The highest BCUT2D eigenvalue weighted by Gasteiger charge is 2.14. The lowest BCUT2D eigenvalue weighted by molar-refractivity contribution is -0.136. The van der Waals surface area contributed by atoms with Crippen LogP contribution in [0.15, 0.2) is 42.7 Å². The molecule has 0 aliphatic carbocycles. The molecule has 1 aromatic heterocycles. The summed E-state index contributed by atoms with van der Waals surface area (Å²) in [6.45, 7) is 0.242. The van der Waals surface area contributed by atoms with Crippen molar-refractivity contribution in [2.45, 2.75) is 6.54 Å². The zero-order chi connectivity index (χ0) is 15.1. The molecule has 1 aromatic carbocycles. The van der Waals surface area contributed by atoms with Crippen LogP contribution in [0.5, 0.6) is 5.75 Å². The Hall–Kier alpha value is -2.96. The van der Waals surface area contributed by atoms with Crippen molar-refractivity contribution < 1.29 is 14.3 Å². The van der Waals surface area contributed by atoms with E-state index >= 15 is 0 Å². The van der Waals surface area contributed by atoms with Crippen molar-refractivity contribution in [1.29, 1.82) is 0 Å². The number of nitrogens with one attached hydrogen (secondary N) is 2. The first-order valence-corrected chi connectivity index (χ1v) is 6.18. The fraction of sp³-hybridized carbons (Fsp3) is 0.143. The second kappa shape index (κ2) is 6.99. The maximum Gasteiger partial charge on any atom is 0.316 e. The monoisotopic (exact) mass is 286 g/mol. The van der Waals surface area contributed by atoms with Gasteiger partial charge in [-0.25, -0.2) is 9.97 Å². The molecule has 2 amide bonds. The summed E-state index contributed by atoms with van der Waals surface area (Å²) in [7, 11) is 1.58. The average Bonchev–Trinajstić information content (AvgIpc) is 2.54. The van der Waals surface area contributed by atoms with E-state index in [1.54, 1.807) is 37.4 Å². The van der Waals surface area contributed by atoms with Crippen molar-refractivity contribution in [2.75, 3.05) is 12.4 Å². The molecule has 0 spiro atoms. The van der Waals surface area contributed by atoms with Gasteiger partial charge in [-0.05, 0) is 23.8 Å². The number of rotatable bonds is 4. The Morgan fingerprint density at radius 1 is 1.10 bits per heavy atom. The molecule has 108 valence electrons. The van der Waals surface area contributed by atoms with Crippen molar-refractivity contribution in [3.8, 4) is 5.75 Å². The summed E-state index contributed by atoms with van der Waals surface area (Å²) >= 11 is 0. The molecule has 0 fully saturated rings. The van der Waals surface area contributed by atoms with E-state index in [2.05, 4.69) is 20.6 Å². The first-order chi connectivity index (χ1) is 10.2. The van der Waals surface area contributed by atoms with E-state index < -0.39 is 11.8 Å². The van der Waals surface area contributed by atoms with E-state index in [4.69, 9.17) is 4.74 Å². The van der Waals surface area contributed by atoms with Crippen LogP contribution in [-0.4, -0.2) is 28.9 Å². The van der Waals surface area contributed by atoms with Gasteiger partial charge in [0.15, 0.2) is 0 Å². The summed E-state index contributed by atoms with van der Waals surface area (Å²) in [6.07, 6.45) is 2.94. The Bertz CT molecular complexity index is 614. The van der Waals surface area contributed by atoms with Crippen LogP contribution < -0.4 is 15.4 Å². The van der Waals surface area contributed by atoms with Gasteiger partial charge in [0, 0.05) is 18.9 Å². The zero-order valence-electron chi connectivity index (χ0n) is 11.4. The van der Waals surface area contributed by atoms with E-state index in [0.29, 0.717) is 0 Å². The van der Waals surface area contributed by atoms with Crippen LogP contribution in [0.3, 0.4) is 0 Å². The van der Waals surface area contributed by atoms with Gasteiger partial charge in [-0.1, -0.05) is 12.1 Å². The Labute approximate surface area is 121 Å². The molecule has 0 saturated heterocycles. The maximum atomic E-state index is 11.6. The van der Waals surface area contributed by atoms with Crippen molar-refractivity contribution in [3.63, 3.8) is 0 Å². The molecule has 7 heteroatoms. The van der Waals surface area contributed by atoms with Gasteiger partial charge in [0.2, 0.25) is 5.95 Å². The Morgan fingerprint density at radius 2 is 1.76 bits per heavy atom. The van der Waals surface area contributed by atoms with E-state index in [-0.39, 0.29) is 12.5 Å². The van der Waals surface area contributed by atoms with Gasteiger partial charge < -0.3 is 10.1 Å². The summed E-state index contributed by atoms with van der Waals surface area (Å²) in [5.74, 6) is -0.751. The quantitative estimate of drug-likeness (QED) is 0.809. The predicted octanol–water partition coefficient (Wildman–Crippen LogP) is 0.740. The van der Waals surface area contributed by atoms with Crippen molar-refractivity contribution in [3.05, 3.63) is 48.3 Å². The molecule has 0 saturated carbocycles. The van der Waals surface area contributed by atoms with Crippen LogP contribution in [0.2, 0.25) is 0 Å². The topological polar surface area (TPSA) is 93.2 Å². The van der Waals surface area contributed by atoms with E-state index in [1.165, 1.54) is 12.4 Å². The van der Waals surface area contributed by atoms with Gasteiger partial charge in [0.1, 0.15) is 5.75 Å². The molecule has 7 nitrogen and oxygen atoms in total. The van der Waals surface area contributed by atoms with Gasteiger partial charge in [-0.15, -0.1) is 0 Å². The minimum absolute atomic E-state index is 0.0853. The number of hydrogen-bond donors (Lipinski definition) is 2. The van der Waals surface area contributed by atoms with Gasteiger partial charge in [0.05, 0.1) is 7.11 Å². The first-order valence-electron chi connectivity index (χ1n) is 6.18. The number of methoxy groups -OCH3 is 1. The molecule has 0 radical (unpaired) electrons. The molecule has 0 aliphatic heterocycles. The second-order valence-electron chi connectivity index (χ2n) is 4.06. The minimum atomic E-state index is -0.810. The highest BCUT2D eigenvalue weighted by Crippen LogP contribution is 2.10. The number of hydrogen-bond acceptors (Lipinski definition) is 5. The smallest absolute Gasteiger partial charge is 0.316 e. The van der Waals surface area contributed by atoms with Crippen molar-refractivity contribution in [1.82, 2.24) is 15.3 Å². The number of ether oxygens (including phenoxy) is 1. The minimum Gasteiger partial charge on any atom is -0.497 e. The standard InChI is InChI=1S/C14H14N4O3/c1-21-11-5-3-10(4-6-11)9-17-12(19)13(20)18-14-15-7-2-8-16-14/h2-8H,9H2,1H3,(H,17,19)(H,15,16,18,20). The summed E-state index contributed by atoms with van der Waals surface area (Å²) in [4.78, 5) is 30.9. The number of anilines is 1. The lowest BCUT2D eigenvalue weighted by Gasteiger charge is -2.06. The lowest BCUT2D eigenvalue weighted by Crippen LogP contribution is -2.35. The third kappa shape index (κ3) is 4.27. The molecule has 0 atom stereocenters. The molecule has 1 heterocycles. The third-order valence-corrected chi connectivity index (χ3v) is 2.61. The van der Waals surface area contributed by atoms with E-state index in [0.717, 1.165) is 11.3 Å². The summed E-state index contributed by atoms with van der Waals surface area (Å²) in [5.41, 5.74) is 0.855. The number of nitrogens with zero attached hydrogens (tertiary/aromatic N) is 2. The molecule has 2 rings (SSSR count). The molecular formula is C14H14N4O3. The van der Waals surface area contributed by atoms with E-state index in [9.17, 15) is 9.59 Å².